The van der Waals surface area contributed by atoms with E-state index in [0.717, 1.165) is 11.4 Å². The molecule has 1 aromatic heterocycles. The Morgan fingerprint density at radius 2 is 1.71 bits per heavy atom. The Balaban J connectivity index is 1.84. The number of ether oxygens (including phenoxy) is 1. The third kappa shape index (κ3) is 3.55. The standard InChI is InChI=1S/C18H19BrN4O/c1-3-24-13(2)23-18(20-21-22-23)17(19)16-11-9-15(10-12-16)14-7-5-4-6-8-14/h4-13,17H,3H2,1-2H3. The SMILES string of the molecule is CCOC(C)n1nnnc1C(Br)c1ccc(-c2ccccc2)cc1. The van der Waals surface area contributed by atoms with Crippen LogP contribution < -0.4 is 0 Å². The average molecular weight is 387 g/mol. The van der Waals surface area contributed by atoms with Crippen molar-refractivity contribution >= 4 is 15.9 Å². The summed E-state index contributed by atoms with van der Waals surface area (Å²) >= 11 is 3.71. The van der Waals surface area contributed by atoms with Gasteiger partial charge in [0.25, 0.3) is 0 Å². The Labute approximate surface area is 149 Å². The van der Waals surface area contributed by atoms with Gasteiger partial charge in [-0.05, 0) is 41.0 Å². The van der Waals surface area contributed by atoms with Gasteiger partial charge in [0.05, 0.1) is 0 Å². The minimum atomic E-state index is -0.205. The van der Waals surface area contributed by atoms with Crippen molar-refractivity contribution in [1.29, 1.82) is 0 Å². The Hall–Kier alpha value is -2.05. The van der Waals surface area contributed by atoms with Crippen LogP contribution in [0.25, 0.3) is 11.1 Å². The molecule has 0 saturated carbocycles. The quantitative estimate of drug-likeness (QED) is 0.589. The molecule has 0 fully saturated rings. The average Bonchev–Trinajstić information content (AvgIpc) is 3.12. The van der Waals surface area contributed by atoms with Gasteiger partial charge in [0, 0.05) is 6.61 Å². The van der Waals surface area contributed by atoms with E-state index in [-0.39, 0.29) is 11.1 Å². The summed E-state index contributed by atoms with van der Waals surface area (Å²) in [7, 11) is 0. The molecular formula is C18H19BrN4O. The maximum atomic E-state index is 5.59. The van der Waals surface area contributed by atoms with Crippen LogP contribution in [0.15, 0.2) is 54.6 Å². The lowest BCUT2D eigenvalue weighted by molar-refractivity contribution is 0.0127. The molecule has 2 atom stereocenters. The second-order valence-electron chi connectivity index (χ2n) is 5.39. The highest BCUT2D eigenvalue weighted by molar-refractivity contribution is 9.09. The van der Waals surface area contributed by atoms with Crippen molar-refractivity contribution in [3.63, 3.8) is 0 Å². The smallest absolute Gasteiger partial charge is 0.172 e. The molecule has 6 heteroatoms. The van der Waals surface area contributed by atoms with E-state index >= 15 is 0 Å². The number of hydrogen-bond acceptors (Lipinski definition) is 4. The number of rotatable bonds is 6. The zero-order valence-electron chi connectivity index (χ0n) is 13.6. The topological polar surface area (TPSA) is 52.8 Å². The summed E-state index contributed by atoms with van der Waals surface area (Å²) in [4.78, 5) is -0.0970. The third-order valence-electron chi connectivity index (χ3n) is 3.81. The van der Waals surface area contributed by atoms with E-state index in [1.54, 1.807) is 4.68 Å². The van der Waals surface area contributed by atoms with E-state index in [4.69, 9.17) is 4.74 Å². The molecule has 0 aliphatic heterocycles. The molecule has 0 saturated heterocycles. The van der Waals surface area contributed by atoms with Gasteiger partial charge in [-0.1, -0.05) is 70.5 Å². The monoisotopic (exact) mass is 386 g/mol. The maximum Gasteiger partial charge on any atom is 0.172 e. The first-order valence-electron chi connectivity index (χ1n) is 7.89. The number of halogens is 1. The van der Waals surface area contributed by atoms with Gasteiger partial charge in [-0.15, -0.1) is 5.10 Å². The van der Waals surface area contributed by atoms with E-state index in [2.05, 4.69) is 67.9 Å². The first-order valence-corrected chi connectivity index (χ1v) is 8.81. The van der Waals surface area contributed by atoms with Gasteiger partial charge < -0.3 is 4.74 Å². The molecule has 3 aromatic rings. The Bertz CT molecular complexity index is 773. The minimum Gasteiger partial charge on any atom is -0.357 e. The van der Waals surface area contributed by atoms with Crippen molar-refractivity contribution in [2.75, 3.05) is 6.61 Å². The maximum absolute atomic E-state index is 5.59. The van der Waals surface area contributed by atoms with Gasteiger partial charge in [0.2, 0.25) is 0 Å². The fraction of sp³-hybridized carbons (Fsp3) is 0.278. The fourth-order valence-corrected chi connectivity index (χ4v) is 3.17. The summed E-state index contributed by atoms with van der Waals surface area (Å²) < 4.78 is 7.29. The van der Waals surface area contributed by atoms with Crippen LogP contribution in [0.2, 0.25) is 0 Å². The third-order valence-corrected chi connectivity index (χ3v) is 4.75. The van der Waals surface area contributed by atoms with Gasteiger partial charge in [0.15, 0.2) is 12.1 Å². The number of tetrazole rings is 1. The first-order chi connectivity index (χ1) is 11.7. The molecule has 0 aliphatic rings. The van der Waals surface area contributed by atoms with Crippen LogP contribution in [0.1, 0.15) is 36.3 Å². The van der Waals surface area contributed by atoms with Crippen LogP contribution in [0.4, 0.5) is 0 Å². The molecule has 0 radical (unpaired) electrons. The molecule has 0 aliphatic carbocycles. The van der Waals surface area contributed by atoms with Gasteiger partial charge in [-0.25, -0.2) is 0 Å². The molecule has 124 valence electrons. The molecule has 5 nitrogen and oxygen atoms in total. The number of benzene rings is 2. The lowest BCUT2D eigenvalue weighted by atomic mass is 10.0. The lowest BCUT2D eigenvalue weighted by Gasteiger charge is -2.16. The first kappa shape index (κ1) is 16.8. The van der Waals surface area contributed by atoms with Crippen LogP contribution in [-0.4, -0.2) is 26.8 Å². The van der Waals surface area contributed by atoms with Crippen LogP contribution in [0.3, 0.4) is 0 Å². The van der Waals surface area contributed by atoms with Gasteiger partial charge in [0.1, 0.15) is 4.83 Å². The summed E-state index contributed by atoms with van der Waals surface area (Å²) in [6, 6.07) is 18.7. The van der Waals surface area contributed by atoms with E-state index in [9.17, 15) is 0 Å². The number of alkyl halides is 1. The second kappa shape index (κ2) is 7.68. The van der Waals surface area contributed by atoms with Crippen LogP contribution in [0, 0.1) is 0 Å². The molecule has 1 heterocycles. The van der Waals surface area contributed by atoms with Gasteiger partial charge >= 0.3 is 0 Å². The lowest BCUT2D eigenvalue weighted by Crippen LogP contribution is -2.15. The molecule has 0 bridgehead atoms. The van der Waals surface area contributed by atoms with Crippen molar-refractivity contribution in [3.05, 3.63) is 66.0 Å². The van der Waals surface area contributed by atoms with Gasteiger partial charge in [-0.2, -0.15) is 4.68 Å². The highest BCUT2D eigenvalue weighted by atomic mass is 79.9. The van der Waals surface area contributed by atoms with Crippen molar-refractivity contribution < 1.29 is 4.74 Å². The molecule has 2 unspecified atom stereocenters. The molecule has 0 spiro atoms. The molecule has 3 rings (SSSR count). The number of hydrogen-bond donors (Lipinski definition) is 0. The zero-order chi connectivity index (χ0) is 16.9. The highest BCUT2D eigenvalue weighted by Crippen LogP contribution is 2.31. The van der Waals surface area contributed by atoms with Crippen LogP contribution in [-0.2, 0) is 4.74 Å². The molecular weight excluding hydrogens is 368 g/mol. The number of aromatic nitrogens is 4. The van der Waals surface area contributed by atoms with E-state index < -0.39 is 0 Å². The van der Waals surface area contributed by atoms with Gasteiger partial charge in [-0.3, -0.25) is 0 Å². The molecule has 24 heavy (non-hydrogen) atoms. The van der Waals surface area contributed by atoms with Crippen molar-refractivity contribution in [2.24, 2.45) is 0 Å². The second-order valence-corrected chi connectivity index (χ2v) is 6.30. The summed E-state index contributed by atoms with van der Waals surface area (Å²) in [5, 5.41) is 12.0. The van der Waals surface area contributed by atoms with E-state index in [0.29, 0.717) is 6.61 Å². The number of nitrogens with zero attached hydrogens (tertiary/aromatic N) is 4. The largest absolute Gasteiger partial charge is 0.357 e. The molecule has 0 N–H and O–H groups in total. The van der Waals surface area contributed by atoms with Crippen molar-refractivity contribution in [3.8, 4) is 11.1 Å². The van der Waals surface area contributed by atoms with E-state index in [1.165, 1.54) is 11.1 Å². The summed E-state index contributed by atoms with van der Waals surface area (Å²) in [6.07, 6.45) is -0.205. The van der Waals surface area contributed by atoms with Crippen LogP contribution >= 0.6 is 15.9 Å². The van der Waals surface area contributed by atoms with Crippen molar-refractivity contribution in [1.82, 2.24) is 20.2 Å². The highest BCUT2D eigenvalue weighted by Gasteiger charge is 2.21. The summed E-state index contributed by atoms with van der Waals surface area (Å²) in [6.45, 7) is 4.50. The fourth-order valence-electron chi connectivity index (χ4n) is 2.56. The Morgan fingerprint density at radius 1 is 1.04 bits per heavy atom. The Morgan fingerprint density at radius 3 is 2.38 bits per heavy atom. The van der Waals surface area contributed by atoms with E-state index in [1.807, 2.05) is 32.0 Å². The predicted molar refractivity (Wildman–Crippen MR) is 96.8 cm³/mol. The molecule has 2 aromatic carbocycles. The van der Waals surface area contributed by atoms with Crippen LogP contribution in [0.5, 0.6) is 0 Å². The zero-order valence-corrected chi connectivity index (χ0v) is 15.2. The summed E-state index contributed by atoms with van der Waals surface area (Å²) in [5.74, 6) is 0.725. The predicted octanol–water partition coefficient (Wildman–Crippen LogP) is 4.38. The molecule has 0 amide bonds. The Kier molecular flexibility index (Phi) is 5.37. The van der Waals surface area contributed by atoms with Crippen molar-refractivity contribution in [2.45, 2.75) is 24.9 Å². The summed E-state index contributed by atoms with van der Waals surface area (Å²) in [5.41, 5.74) is 3.47. The normalized spacial score (nSPS) is 13.6. The minimum absolute atomic E-state index is 0.0970.